The predicted molar refractivity (Wildman–Crippen MR) is 98.6 cm³/mol. The van der Waals surface area contributed by atoms with E-state index >= 15 is 0 Å². The molecule has 0 saturated carbocycles. The predicted octanol–water partition coefficient (Wildman–Crippen LogP) is 3.99. The molecule has 1 aromatic heterocycles. The second kappa shape index (κ2) is 9.14. The summed E-state index contributed by atoms with van der Waals surface area (Å²) in [6.07, 6.45) is 0.628. The number of carbonyl (C=O) groups excluding carboxylic acids is 2. The number of thioether (sulfide) groups is 1. The Balaban J connectivity index is 2.00. The maximum atomic E-state index is 12.2. The van der Waals surface area contributed by atoms with E-state index in [2.05, 4.69) is 31.4 Å². The van der Waals surface area contributed by atoms with Crippen LogP contribution in [0.25, 0.3) is 0 Å². The van der Waals surface area contributed by atoms with Crippen molar-refractivity contribution in [2.24, 2.45) is 0 Å². The number of hydrogen-bond acceptors (Lipinski definition) is 7. The van der Waals surface area contributed by atoms with Crippen LogP contribution in [0.4, 0.5) is 5.13 Å². The van der Waals surface area contributed by atoms with Crippen molar-refractivity contribution in [3.63, 3.8) is 0 Å². The van der Waals surface area contributed by atoms with E-state index < -0.39 is 0 Å². The summed E-state index contributed by atoms with van der Waals surface area (Å²) in [4.78, 5) is 24.0. The molecule has 1 aromatic carbocycles. The lowest BCUT2D eigenvalue weighted by Gasteiger charge is -2.10. The number of anilines is 1. The molecule has 128 valence electrons. The van der Waals surface area contributed by atoms with Gasteiger partial charge in [-0.1, -0.05) is 52.0 Å². The zero-order valence-corrected chi connectivity index (χ0v) is 16.3. The fourth-order valence-corrected chi connectivity index (χ4v) is 4.07. The van der Waals surface area contributed by atoms with Crippen LogP contribution in [0, 0.1) is 0 Å². The maximum absolute atomic E-state index is 12.2. The zero-order valence-electron chi connectivity index (χ0n) is 13.1. The van der Waals surface area contributed by atoms with Gasteiger partial charge in [-0.3, -0.25) is 14.9 Å². The molecule has 0 saturated heterocycles. The van der Waals surface area contributed by atoms with Crippen LogP contribution in [0.15, 0.2) is 33.1 Å². The van der Waals surface area contributed by atoms with Gasteiger partial charge in [-0.25, -0.2) is 0 Å². The van der Waals surface area contributed by atoms with Crippen molar-refractivity contribution in [3.8, 4) is 0 Å². The Labute approximate surface area is 156 Å². The van der Waals surface area contributed by atoms with Gasteiger partial charge in [-0.2, -0.15) is 0 Å². The number of carbonyl (C=O) groups is 2. The van der Waals surface area contributed by atoms with Crippen molar-refractivity contribution in [2.75, 3.05) is 11.9 Å². The van der Waals surface area contributed by atoms with Gasteiger partial charge in [0.25, 0.3) is 5.91 Å². The number of ether oxygens (including phenoxy) is 1. The van der Waals surface area contributed by atoms with Crippen molar-refractivity contribution in [3.05, 3.63) is 34.3 Å². The van der Waals surface area contributed by atoms with E-state index in [9.17, 15) is 9.59 Å². The van der Waals surface area contributed by atoms with E-state index in [1.807, 2.05) is 13.0 Å². The van der Waals surface area contributed by atoms with Crippen molar-refractivity contribution in [1.29, 1.82) is 0 Å². The highest BCUT2D eigenvalue weighted by atomic mass is 79.9. The molecule has 2 aromatic rings. The van der Waals surface area contributed by atoms with Crippen LogP contribution in [-0.2, 0) is 9.53 Å². The average molecular weight is 430 g/mol. The lowest BCUT2D eigenvalue weighted by atomic mass is 10.2. The second-order valence-electron chi connectivity index (χ2n) is 4.60. The third-order valence-electron chi connectivity index (χ3n) is 2.88. The topological polar surface area (TPSA) is 81.2 Å². The summed E-state index contributed by atoms with van der Waals surface area (Å²) in [6.45, 7) is 4.03. The molecule has 0 aliphatic heterocycles. The van der Waals surface area contributed by atoms with Crippen LogP contribution >= 0.6 is 39.0 Å². The van der Waals surface area contributed by atoms with Gasteiger partial charge in [-0.15, -0.1) is 10.2 Å². The lowest BCUT2D eigenvalue weighted by molar-refractivity contribution is -0.142. The molecule has 9 heteroatoms. The Bertz CT molecular complexity index is 723. The van der Waals surface area contributed by atoms with Crippen LogP contribution < -0.4 is 5.32 Å². The third kappa shape index (κ3) is 5.29. The van der Waals surface area contributed by atoms with Crippen LogP contribution in [0.3, 0.4) is 0 Å². The van der Waals surface area contributed by atoms with Gasteiger partial charge in [0.15, 0.2) is 4.34 Å². The molecule has 0 radical (unpaired) electrons. The molecule has 0 spiro atoms. The molecule has 0 bridgehead atoms. The summed E-state index contributed by atoms with van der Waals surface area (Å²) < 4.78 is 6.46. The van der Waals surface area contributed by atoms with E-state index in [1.165, 1.54) is 23.1 Å². The van der Waals surface area contributed by atoms with E-state index in [4.69, 9.17) is 4.74 Å². The molecule has 6 nitrogen and oxygen atoms in total. The Morgan fingerprint density at radius 1 is 1.38 bits per heavy atom. The SMILES string of the molecule is CCOC(=O)C(CC)Sc1nnc(NC(=O)c2cccc(Br)c2)s1. The van der Waals surface area contributed by atoms with Crippen LogP contribution in [0.2, 0.25) is 0 Å². The minimum Gasteiger partial charge on any atom is -0.465 e. The van der Waals surface area contributed by atoms with Crippen molar-refractivity contribution < 1.29 is 14.3 Å². The number of amides is 1. The quantitative estimate of drug-likeness (QED) is 0.407. The largest absolute Gasteiger partial charge is 0.465 e. The molecule has 0 fully saturated rings. The number of nitrogens with one attached hydrogen (secondary N) is 1. The number of halogens is 1. The van der Waals surface area contributed by atoms with Crippen LogP contribution in [0.1, 0.15) is 30.6 Å². The number of rotatable bonds is 7. The normalized spacial score (nSPS) is 11.8. The number of aromatic nitrogens is 2. The van der Waals surface area contributed by atoms with Gasteiger partial charge >= 0.3 is 5.97 Å². The van der Waals surface area contributed by atoms with E-state index in [0.29, 0.717) is 28.1 Å². The summed E-state index contributed by atoms with van der Waals surface area (Å²) in [7, 11) is 0. The van der Waals surface area contributed by atoms with Crippen molar-refractivity contribution >= 4 is 56.0 Å². The fourth-order valence-electron chi connectivity index (χ4n) is 1.76. The Morgan fingerprint density at radius 3 is 2.83 bits per heavy atom. The molecule has 1 unspecified atom stereocenters. The minimum atomic E-state index is -0.327. The van der Waals surface area contributed by atoms with Gasteiger partial charge in [-0.05, 0) is 31.5 Å². The Morgan fingerprint density at radius 2 is 2.17 bits per heavy atom. The number of benzene rings is 1. The number of nitrogens with zero attached hydrogens (tertiary/aromatic N) is 2. The molecule has 1 atom stereocenters. The zero-order chi connectivity index (χ0) is 17.5. The maximum Gasteiger partial charge on any atom is 0.319 e. The van der Waals surface area contributed by atoms with Crippen LogP contribution in [0.5, 0.6) is 0 Å². The van der Waals surface area contributed by atoms with E-state index in [-0.39, 0.29) is 17.1 Å². The second-order valence-corrected chi connectivity index (χ2v) is 7.95. The molecule has 24 heavy (non-hydrogen) atoms. The first kappa shape index (κ1) is 18.9. The first-order valence-corrected chi connectivity index (χ1v) is 9.76. The van der Waals surface area contributed by atoms with Crippen LogP contribution in [-0.4, -0.2) is 33.9 Å². The molecule has 1 heterocycles. The lowest BCUT2D eigenvalue weighted by Crippen LogP contribution is -2.19. The molecule has 1 N–H and O–H groups in total. The first-order valence-electron chi connectivity index (χ1n) is 7.27. The van der Waals surface area contributed by atoms with Gasteiger partial charge in [0.1, 0.15) is 5.25 Å². The summed E-state index contributed by atoms with van der Waals surface area (Å²) in [5.41, 5.74) is 0.520. The number of hydrogen-bond donors (Lipinski definition) is 1. The monoisotopic (exact) mass is 429 g/mol. The third-order valence-corrected chi connectivity index (χ3v) is 5.64. The minimum absolute atomic E-state index is 0.263. The smallest absolute Gasteiger partial charge is 0.319 e. The van der Waals surface area contributed by atoms with E-state index in [0.717, 1.165) is 4.47 Å². The highest BCUT2D eigenvalue weighted by Gasteiger charge is 2.21. The van der Waals surface area contributed by atoms with Gasteiger partial charge in [0.05, 0.1) is 6.61 Å². The highest BCUT2D eigenvalue weighted by molar-refractivity contribution is 9.10. The molecule has 0 aliphatic carbocycles. The van der Waals surface area contributed by atoms with E-state index in [1.54, 1.807) is 25.1 Å². The summed E-state index contributed by atoms with van der Waals surface area (Å²) >= 11 is 5.85. The molecular weight excluding hydrogens is 414 g/mol. The average Bonchev–Trinajstić information content (AvgIpc) is 2.99. The molecule has 2 rings (SSSR count). The highest BCUT2D eigenvalue weighted by Crippen LogP contribution is 2.31. The van der Waals surface area contributed by atoms with Gasteiger partial charge < -0.3 is 4.74 Å². The molecule has 0 aliphatic rings. The van der Waals surface area contributed by atoms with Gasteiger partial charge in [0.2, 0.25) is 5.13 Å². The first-order chi connectivity index (χ1) is 11.5. The summed E-state index contributed by atoms with van der Waals surface area (Å²) in [5.74, 6) is -0.527. The van der Waals surface area contributed by atoms with Crippen molar-refractivity contribution in [2.45, 2.75) is 29.9 Å². The Hall–Kier alpha value is -1.45. The van der Waals surface area contributed by atoms with Gasteiger partial charge in [0, 0.05) is 10.0 Å². The number of esters is 1. The summed E-state index contributed by atoms with van der Waals surface area (Å²) in [6, 6.07) is 7.06. The fraction of sp³-hybridized carbons (Fsp3) is 0.333. The van der Waals surface area contributed by atoms with Crippen molar-refractivity contribution in [1.82, 2.24) is 10.2 Å². The summed E-state index contributed by atoms with van der Waals surface area (Å²) in [5, 5.41) is 10.7. The molecule has 1 amide bonds. The standard InChI is InChI=1S/C15H16BrN3O3S2/c1-3-11(13(21)22-4-2)23-15-19-18-14(24-15)17-12(20)9-6-5-7-10(16)8-9/h5-8,11H,3-4H2,1-2H3,(H,17,18,20). The Kier molecular flexibility index (Phi) is 7.19. The molecular formula is C15H16BrN3O3S2.